The van der Waals surface area contributed by atoms with Crippen LogP contribution < -0.4 is 5.32 Å². The first-order valence-corrected chi connectivity index (χ1v) is 9.08. The Labute approximate surface area is 125 Å². The number of rotatable bonds is 5. The molecule has 0 bridgehead atoms. The molecule has 1 aliphatic carbocycles. The number of hydrogen-bond donors (Lipinski definition) is 1. The molecular formula is C17H33N3. The lowest BCUT2D eigenvalue weighted by molar-refractivity contribution is 0.152. The van der Waals surface area contributed by atoms with Gasteiger partial charge in [0.2, 0.25) is 0 Å². The largest absolute Gasteiger partial charge is 0.314 e. The van der Waals surface area contributed by atoms with E-state index in [1.54, 1.807) is 0 Å². The van der Waals surface area contributed by atoms with Gasteiger partial charge in [0.25, 0.3) is 0 Å². The molecule has 3 rings (SSSR count). The van der Waals surface area contributed by atoms with Crippen LogP contribution in [-0.4, -0.2) is 60.6 Å². The Kier molecular flexibility index (Phi) is 5.36. The van der Waals surface area contributed by atoms with Crippen molar-refractivity contribution in [1.82, 2.24) is 15.1 Å². The van der Waals surface area contributed by atoms with Gasteiger partial charge in [-0.1, -0.05) is 13.3 Å². The maximum absolute atomic E-state index is 3.75. The van der Waals surface area contributed by atoms with Gasteiger partial charge in [-0.05, 0) is 64.6 Å². The van der Waals surface area contributed by atoms with Crippen LogP contribution in [0.3, 0.4) is 0 Å². The molecule has 0 aromatic carbocycles. The minimum atomic E-state index is 0.791. The van der Waals surface area contributed by atoms with Crippen LogP contribution in [0.15, 0.2) is 0 Å². The summed E-state index contributed by atoms with van der Waals surface area (Å²) < 4.78 is 0. The summed E-state index contributed by atoms with van der Waals surface area (Å²) >= 11 is 0. The summed E-state index contributed by atoms with van der Waals surface area (Å²) in [5.41, 5.74) is 0. The summed E-state index contributed by atoms with van der Waals surface area (Å²) in [6, 6.07) is 2.53. The zero-order valence-corrected chi connectivity index (χ0v) is 13.3. The first-order valence-electron chi connectivity index (χ1n) is 9.08. The minimum Gasteiger partial charge on any atom is -0.314 e. The summed E-state index contributed by atoms with van der Waals surface area (Å²) in [6.07, 6.45) is 11.2. The lowest BCUT2D eigenvalue weighted by atomic mass is 9.90. The summed E-state index contributed by atoms with van der Waals surface area (Å²) in [6.45, 7) is 8.91. The van der Waals surface area contributed by atoms with Gasteiger partial charge in [-0.2, -0.15) is 0 Å². The number of nitrogens with zero attached hydrogens (tertiary/aromatic N) is 2. The second-order valence-corrected chi connectivity index (χ2v) is 7.15. The van der Waals surface area contributed by atoms with Gasteiger partial charge >= 0.3 is 0 Å². The van der Waals surface area contributed by atoms with E-state index in [9.17, 15) is 0 Å². The van der Waals surface area contributed by atoms with Gasteiger partial charge < -0.3 is 5.32 Å². The lowest BCUT2D eigenvalue weighted by Crippen LogP contribution is -2.45. The number of nitrogens with one attached hydrogen (secondary N) is 1. The van der Waals surface area contributed by atoms with Crippen molar-refractivity contribution in [3.05, 3.63) is 0 Å². The third-order valence-corrected chi connectivity index (χ3v) is 5.70. The maximum Gasteiger partial charge on any atom is 0.0235 e. The maximum atomic E-state index is 3.75. The fourth-order valence-corrected chi connectivity index (χ4v) is 4.53. The summed E-state index contributed by atoms with van der Waals surface area (Å²) in [4.78, 5) is 5.58. The Bertz CT molecular complexity index is 288. The van der Waals surface area contributed by atoms with Crippen LogP contribution in [0.1, 0.15) is 58.3 Å². The molecule has 0 aromatic heterocycles. The summed E-state index contributed by atoms with van der Waals surface area (Å²) in [5.74, 6) is 0. The quantitative estimate of drug-likeness (QED) is 0.834. The molecule has 0 spiro atoms. The van der Waals surface area contributed by atoms with Crippen LogP contribution in [0.5, 0.6) is 0 Å². The lowest BCUT2D eigenvalue weighted by Gasteiger charge is -2.36. The second-order valence-electron chi connectivity index (χ2n) is 7.15. The standard InChI is InChI=1S/C17H33N3/c1-2-9-18-15-6-5-7-16(13-15)20-12-8-17(14-20)19-10-3-4-11-19/h15-18H,2-14H2,1H3. The zero-order chi connectivity index (χ0) is 13.8. The van der Waals surface area contributed by atoms with Gasteiger partial charge in [0.05, 0.1) is 0 Å². The monoisotopic (exact) mass is 279 g/mol. The molecular weight excluding hydrogens is 246 g/mol. The molecule has 3 atom stereocenters. The van der Waals surface area contributed by atoms with E-state index in [0.29, 0.717) is 0 Å². The molecule has 1 saturated carbocycles. The normalized spacial score (nSPS) is 36.8. The number of hydrogen-bond acceptors (Lipinski definition) is 3. The van der Waals surface area contributed by atoms with Crippen molar-refractivity contribution in [2.24, 2.45) is 0 Å². The molecule has 2 saturated heterocycles. The van der Waals surface area contributed by atoms with E-state index < -0.39 is 0 Å². The zero-order valence-electron chi connectivity index (χ0n) is 13.3. The first-order chi connectivity index (χ1) is 9.86. The van der Waals surface area contributed by atoms with Crippen molar-refractivity contribution in [2.45, 2.75) is 76.4 Å². The van der Waals surface area contributed by atoms with Crippen molar-refractivity contribution in [1.29, 1.82) is 0 Å². The predicted octanol–water partition coefficient (Wildman–Crippen LogP) is 2.47. The van der Waals surface area contributed by atoms with Crippen LogP contribution in [0.25, 0.3) is 0 Å². The van der Waals surface area contributed by atoms with E-state index in [1.807, 2.05) is 0 Å². The Morgan fingerprint density at radius 2 is 1.75 bits per heavy atom. The van der Waals surface area contributed by atoms with Gasteiger partial charge in [0.15, 0.2) is 0 Å². The van der Waals surface area contributed by atoms with Crippen molar-refractivity contribution < 1.29 is 0 Å². The van der Waals surface area contributed by atoms with E-state index in [0.717, 1.165) is 18.1 Å². The molecule has 1 N–H and O–H groups in total. The van der Waals surface area contributed by atoms with Crippen molar-refractivity contribution >= 4 is 0 Å². The Hall–Kier alpha value is -0.120. The van der Waals surface area contributed by atoms with Crippen LogP contribution in [-0.2, 0) is 0 Å². The molecule has 3 fully saturated rings. The molecule has 20 heavy (non-hydrogen) atoms. The van der Waals surface area contributed by atoms with E-state index >= 15 is 0 Å². The van der Waals surface area contributed by atoms with Gasteiger partial charge in [-0.3, -0.25) is 9.80 Å². The molecule has 3 aliphatic rings. The highest BCUT2D eigenvalue weighted by Gasteiger charge is 2.34. The fourth-order valence-electron chi connectivity index (χ4n) is 4.53. The van der Waals surface area contributed by atoms with E-state index in [4.69, 9.17) is 0 Å². The van der Waals surface area contributed by atoms with E-state index in [-0.39, 0.29) is 0 Å². The molecule has 2 heterocycles. The molecule has 3 nitrogen and oxygen atoms in total. The number of likely N-dealkylation sites (tertiary alicyclic amines) is 2. The van der Waals surface area contributed by atoms with Crippen molar-refractivity contribution in [3.63, 3.8) is 0 Å². The summed E-state index contributed by atoms with van der Waals surface area (Å²) in [7, 11) is 0. The highest BCUT2D eigenvalue weighted by Crippen LogP contribution is 2.28. The van der Waals surface area contributed by atoms with Gasteiger partial charge in [-0.25, -0.2) is 0 Å². The van der Waals surface area contributed by atoms with E-state index in [1.165, 1.54) is 84.1 Å². The van der Waals surface area contributed by atoms with E-state index in [2.05, 4.69) is 22.0 Å². The van der Waals surface area contributed by atoms with Gasteiger partial charge in [-0.15, -0.1) is 0 Å². The van der Waals surface area contributed by atoms with Crippen molar-refractivity contribution in [2.75, 3.05) is 32.7 Å². The third kappa shape index (κ3) is 3.55. The first kappa shape index (κ1) is 14.8. The summed E-state index contributed by atoms with van der Waals surface area (Å²) in [5, 5.41) is 3.75. The molecule has 3 heteroatoms. The molecule has 2 aliphatic heterocycles. The molecule has 0 aromatic rings. The fraction of sp³-hybridized carbons (Fsp3) is 1.00. The third-order valence-electron chi connectivity index (χ3n) is 5.70. The Morgan fingerprint density at radius 1 is 0.900 bits per heavy atom. The molecule has 0 radical (unpaired) electrons. The van der Waals surface area contributed by atoms with Crippen LogP contribution in [0.4, 0.5) is 0 Å². The molecule has 3 unspecified atom stereocenters. The molecule has 116 valence electrons. The SMILES string of the molecule is CCCNC1CCCC(N2CCC(N3CCCC3)C2)C1. The average molecular weight is 279 g/mol. The van der Waals surface area contributed by atoms with Gasteiger partial charge in [0, 0.05) is 31.2 Å². The predicted molar refractivity (Wildman–Crippen MR) is 85.1 cm³/mol. The Morgan fingerprint density at radius 3 is 2.55 bits per heavy atom. The minimum absolute atomic E-state index is 0.791. The topological polar surface area (TPSA) is 18.5 Å². The average Bonchev–Trinajstić information content (AvgIpc) is 3.15. The smallest absolute Gasteiger partial charge is 0.0235 e. The Balaban J connectivity index is 1.46. The highest BCUT2D eigenvalue weighted by atomic mass is 15.3. The van der Waals surface area contributed by atoms with Crippen LogP contribution in [0.2, 0.25) is 0 Å². The van der Waals surface area contributed by atoms with Gasteiger partial charge in [0.1, 0.15) is 0 Å². The van der Waals surface area contributed by atoms with Crippen LogP contribution >= 0.6 is 0 Å². The second kappa shape index (κ2) is 7.24. The van der Waals surface area contributed by atoms with Crippen molar-refractivity contribution in [3.8, 4) is 0 Å². The highest BCUT2D eigenvalue weighted by molar-refractivity contribution is 4.91. The molecule has 0 amide bonds. The van der Waals surface area contributed by atoms with Crippen LogP contribution in [0, 0.1) is 0 Å².